The fraction of sp³-hybridized carbons (Fsp3) is 0.731. The van der Waals surface area contributed by atoms with Gasteiger partial charge in [-0.15, -0.1) is 0 Å². The van der Waals surface area contributed by atoms with Crippen LogP contribution < -0.4 is 4.74 Å². The topological polar surface area (TPSA) is 113 Å². The second kappa shape index (κ2) is 12.4. The molecule has 1 aromatic carbocycles. The number of hydrogen-bond donors (Lipinski definition) is 2. The summed E-state index contributed by atoms with van der Waals surface area (Å²) in [5.41, 5.74) is -1.04. The minimum atomic E-state index is -4.27. The third kappa shape index (κ3) is 9.53. The summed E-state index contributed by atoms with van der Waals surface area (Å²) in [6.07, 6.45) is 2.79. The highest BCUT2D eigenvalue weighted by Crippen LogP contribution is 2.41. The number of carbonyl (C=O) groups is 1. The number of carboxylic acid groups (broad SMARTS) is 1. The van der Waals surface area contributed by atoms with Crippen LogP contribution in [0.5, 0.6) is 5.75 Å². The van der Waals surface area contributed by atoms with Crippen LogP contribution in [0, 0.1) is 11.2 Å². The van der Waals surface area contributed by atoms with Crippen LogP contribution in [0.25, 0.3) is 0 Å². The molecule has 2 N–H and O–H groups in total. The van der Waals surface area contributed by atoms with Crippen LogP contribution in [-0.2, 0) is 20.1 Å². The summed E-state index contributed by atoms with van der Waals surface area (Å²) >= 11 is 0. The van der Waals surface area contributed by atoms with Crippen LogP contribution >= 0.6 is 0 Å². The third-order valence-corrected chi connectivity index (χ3v) is 9.11. The molecule has 1 atom stereocenters. The third-order valence-electron chi connectivity index (χ3n) is 6.34. The Morgan fingerprint density at radius 1 is 1.16 bits per heavy atom. The highest BCUT2D eigenvalue weighted by Gasteiger charge is 2.44. The highest BCUT2D eigenvalue weighted by atomic mass is 32.2. The summed E-state index contributed by atoms with van der Waals surface area (Å²) in [6.45, 7) is 11.1. The maximum Gasteiger partial charge on any atom is 0.421 e. The summed E-state index contributed by atoms with van der Waals surface area (Å²) in [5, 5.41) is 19.2. The Morgan fingerprint density at radius 3 is 2.30 bits per heavy atom. The first-order chi connectivity index (χ1) is 17.0. The maximum absolute atomic E-state index is 14.9. The smallest absolute Gasteiger partial charge is 0.421 e. The molecule has 0 bridgehead atoms. The Balaban J connectivity index is 2.67. The van der Waals surface area contributed by atoms with Crippen molar-refractivity contribution >= 4 is 24.4 Å². The minimum absolute atomic E-state index is 0.0636. The molecule has 0 saturated heterocycles. The van der Waals surface area contributed by atoms with Gasteiger partial charge in [-0.1, -0.05) is 26.8 Å². The van der Waals surface area contributed by atoms with E-state index in [1.54, 1.807) is 12.1 Å². The zero-order valence-electron chi connectivity index (χ0n) is 23.0. The molecular weight excluding hydrogens is 517 g/mol. The standard InChI is InChI=1S/C26H44FNO7SSi/c1-25(2,3)14-15-26(35-37(4,5)6,19-28(24(30)31)36(32,33)17-9-16-29)20-12-13-22(27)23(18-20)34-21-10-7-8-11-21/h12-13,18,21,29H,7-11,14-17,19H2,1-6H3,(H,30,31). The summed E-state index contributed by atoms with van der Waals surface area (Å²) in [6, 6.07) is 4.38. The molecule has 1 aromatic rings. The predicted molar refractivity (Wildman–Crippen MR) is 144 cm³/mol. The van der Waals surface area contributed by atoms with E-state index in [0.717, 1.165) is 25.7 Å². The van der Waals surface area contributed by atoms with Crippen molar-refractivity contribution in [1.29, 1.82) is 0 Å². The molecule has 0 radical (unpaired) electrons. The van der Waals surface area contributed by atoms with Crippen LogP contribution in [-0.4, -0.2) is 62.4 Å². The number of ether oxygens (including phenoxy) is 1. The van der Waals surface area contributed by atoms with E-state index in [9.17, 15) is 22.7 Å². The highest BCUT2D eigenvalue weighted by molar-refractivity contribution is 7.89. The van der Waals surface area contributed by atoms with Gasteiger partial charge in [0.2, 0.25) is 10.0 Å². The number of aliphatic hydroxyl groups excluding tert-OH is 1. The van der Waals surface area contributed by atoms with Gasteiger partial charge in [0.05, 0.1) is 18.4 Å². The molecule has 1 amide bonds. The maximum atomic E-state index is 14.9. The molecular formula is C26H44FNO7SSi. The van der Waals surface area contributed by atoms with Crippen molar-refractivity contribution in [2.24, 2.45) is 5.41 Å². The van der Waals surface area contributed by atoms with Crippen molar-refractivity contribution < 1.29 is 37.0 Å². The lowest BCUT2D eigenvalue weighted by Gasteiger charge is -2.43. The first-order valence-electron chi connectivity index (χ1n) is 13.0. The molecule has 0 heterocycles. The molecule has 0 aliphatic heterocycles. The number of hydrogen-bond acceptors (Lipinski definition) is 6. The number of halogens is 1. The van der Waals surface area contributed by atoms with Gasteiger partial charge in [-0.2, -0.15) is 0 Å². The van der Waals surface area contributed by atoms with E-state index in [0.29, 0.717) is 22.7 Å². The molecule has 1 fully saturated rings. The molecule has 0 aromatic heterocycles. The summed E-state index contributed by atoms with van der Waals surface area (Å²) < 4.78 is 54.1. The van der Waals surface area contributed by atoms with Crippen LogP contribution in [0.3, 0.4) is 0 Å². The van der Waals surface area contributed by atoms with Crippen molar-refractivity contribution in [2.45, 2.75) is 97.1 Å². The molecule has 0 spiro atoms. The Labute approximate surface area is 222 Å². The van der Waals surface area contributed by atoms with Crippen LogP contribution in [0.4, 0.5) is 9.18 Å². The van der Waals surface area contributed by atoms with Crippen molar-refractivity contribution in [1.82, 2.24) is 4.31 Å². The van der Waals surface area contributed by atoms with E-state index in [1.165, 1.54) is 6.07 Å². The molecule has 2 rings (SSSR count). The molecule has 1 unspecified atom stereocenters. The lowest BCUT2D eigenvalue weighted by atomic mass is 9.81. The van der Waals surface area contributed by atoms with Gasteiger partial charge >= 0.3 is 6.09 Å². The van der Waals surface area contributed by atoms with Crippen LogP contribution in [0.2, 0.25) is 19.6 Å². The summed E-state index contributed by atoms with van der Waals surface area (Å²) in [5.74, 6) is -0.981. The molecule has 8 nitrogen and oxygen atoms in total. The Hall–Kier alpha value is -1.69. The molecule has 1 saturated carbocycles. The predicted octanol–water partition coefficient (Wildman–Crippen LogP) is 5.71. The Morgan fingerprint density at radius 2 is 1.78 bits per heavy atom. The van der Waals surface area contributed by atoms with Gasteiger partial charge in [-0.25, -0.2) is 21.9 Å². The van der Waals surface area contributed by atoms with Crippen molar-refractivity contribution in [3.05, 3.63) is 29.6 Å². The first kappa shape index (κ1) is 31.5. The van der Waals surface area contributed by atoms with E-state index in [1.807, 2.05) is 40.4 Å². The van der Waals surface area contributed by atoms with E-state index >= 15 is 0 Å². The molecule has 11 heteroatoms. The van der Waals surface area contributed by atoms with Crippen LogP contribution in [0.1, 0.15) is 71.3 Å². The number of rotatable bonds is 13. The van der Waals surface area contributed by atoms with Gasteiger partial charge in [0, 0.05) is 6.61 Å². The first-order valence-corrected chi connectivity index (χ1v) is 18.0. The van der Waals surface area contributed by atoms with Crippen LogP contribution in [0.15, 0.2) is 18.2 Å². The normalized spacial score (nSPS) is 17.0. The summed E-state index contributed by atoms with van der Waals surface area (Å²) in [7, 11) is -6.68. The lowest BCUT2D eigenvalue weighted by molar-refractivity contribution is 0.0193. The van der Waals surface area contributed by atoms with E-state index in [4.69, 9.17) is 14.3 Å². The Kier molecular flexibility index (Phi) is 10.6. The van der Waals surface area contributed by atoms with Crippen molar-refractivity contribution in [3.8, 4) is 5.75 Å². The van der Waals surface area contributed by atoms with Crippen molar-refractivity contribution in [2.75, 3.05) is 18.9 Å². The monoisotopic (exact) mass is 561 g/mol. The SMILES string of the molecule is CC(C)(C)CCC(CN(C(=O)O)S(=O)(=O)CCCO)(O[Si](C)(C)C)c1ccc(F)c(OC2CCCC2)c1. The fourth-order valence-corrected chi connectivity index (χ4v) is 7.37. The minimum Gasteiger partial charge on any atom is -0.487 e. The number of sulfonamides is 1. The zero-order chi connectivity index (χ0) is 28.1. The Bertz CT molecular complexity index is 1020. The second-order valence-electron chi connectivity index (χ2n) is 12.1. The van der Waals surface area contributed by atoms with Crippen molar-refractivity contribution in [3.63, 3.8) is 0 Å². The number of nitrogens with zero attached hydrogens (tertiary/aromatic N) is 1. The number of benzene rings is 1. The molecule has 212 valence electrons. The quantitative estimate of drug-likeness (QED) is 0.297. The second-order valence-corrected chi connectivity index (χ2v) is 18.6. The van der Waals surface area contributed by atoms with Gasteiger partial charge in [-0.05, 0) is 87.7 Å². The fourth-order valence-electron chi connectivity index (χ4n) is 4.56. The van der Waals surface area contributed by atoms with E-state index in [-0.39, 0.29) is 30.3 Å². The zero-order valence-corrected chi connectivity index (χ0v) is 24.9. The molecule has 37 heavy (non-hydrogen) atoms. The largest absolute Gasteiger partial charge is 0.487 e. The van der Waals surface area contributed by atoms with Gasteiger partial charge in [0.25, 0.3) is 0 Å². The van der Waals surface area contributed by atoms with E-state index in [2.05, 4.69) is 0 Å². The molecule has 1 aliphatic carbocycles. The molecule has 1 aliphatic rings. The van der Waals surface area contributed by atoms with Gasteiger partial charge in [0.1, 0.15) is 5.60 Å². The number of aliphatic hydroxyl groups is 1. The van der Waals surface area contributed by atoms with E-state index < -0.39 is 48.1 Å². The van der Waals surface area contributed by atoms with Gasteiger partial charge < -0.3 is 19.4 Å². The van der Waals surface area contributed by atoms with Gasteiger partial charge in [-0.3, -0.25) is 0 Å². The average molecular weight is 562 g/mol. The lowest BCUT2D eigenvalue weighted by Crippen LogP contribution is -2.52. The van der Waals surface area contributed by atoms with Gasteiger partial charge in [0.15, 0.2) is 19.9 Å². The number of amides is 1. The summed E-state index contributed by atoms with van der Waals surface area (Å²) in [4.78, 5) is 12.3. The average Bonchev–Trinajstić information content (AvgIpc) is 3.27.